The van der Waals surface area contributed by atoms with Gasteiger partial charge in [-0.3, -0.25) is 4.90 Å². The van der Waals surface area contributed by atoms with Crippen molar-refractivity contribution in [3.63, 3.8) is 0 Å². The molecule has 0 spiro atoms. The van der Waals surface area contributed by atoms with Crippen molar-refractivity contribution in [3.8, 4) is 23.0 Å². The zero-order valence-electron chi connectivity index (χ0n) is 20.7. The molecule has 34 heavy (non-hydrogen) atoms. The second kappa shape index (κ2) is 9.41. The van der Waals surface area contributed by atoms with E-state index in [9.17, 15) is 5.11 Å². The molecule has 2 aromatic rings. The Morgan fingerprint density at radius 3 is 2.50 bits per heavy atom. The van der Waals surface area contributed by atoms with Gasteiger partial charge in [-0.25, -0.2) is 0 Å². The predicted octanol–water partition coefficient (Wildman–Crippen LogP) is 4.55. The highest BCUT2D eigenvalue weighted by molar-refractivity contribution is 5.71. The second-order valence-corrected chi connectivity index (χ2v) is 9.67. The number of phenolic OH excluding ortho intramolecular Hbond substituents is 1. The van der Waals surface area contributed by atoms with Crippen molar-refractivity contribution in [1.82, 2.24) is 10.2 Å². The molecule has 1 fully saturated rings. The molecule has 5 rings (SSSR count). The molecular weight excluding hydrogens is 428 g/mol. The van der Waals surface area contributed by atoms with Gasteiger partial charge < -0.3 is 24.6 Å². The summed E-state index contributed by atoms with van der Waals surface area (Å²) in [6.07, 6.45) is 6.64. The molecule has 0 bridgehead atoms. The molecule has 3 heterocycles. The number of phenols is 1. The molecule has 3 aliphatic heterocycles. The molecule has 0 radical (unpaired) electrons. The average molecular weight is 465 g/mol. The van der Waals surface area contributed by atoms with Crippen LogP contribution in [-0.2, 0) is 12.8 Å². The highest BCUT2D eigenvalue weighted by atomic mass is 16.5. The van der Waals surface area contributed by atoms with Gasteiger partial charge in [0.1, 0.15) is 0 Å². The molecule has 0 amide bonds. The highest BCUT2D eigenvalue weighted by Crippen LogP contribution is 2.46. The summed E-state index contributed by atoms with van der Waals surface area (Å²) in [7, 11) is 5.02. The van der Waals surface area contributed by atoms with E-state index in [0.29, 0.717) is 23.6 Å². The summed E-state index contributed by atoms with van der Waals surface area (Å²) in [6.45, 7) is 5.38. The Kier molecular flexibility index (Phi) is 6.34. The zero-order valence-corrected chi connectivity index (χ0v) is 20.7. The average Bonchev–Trinajstić information content (AvgIpc) is 2.87. The van der Waals surface area contributed by atoms with Gasteiger partial charge in [0.05, 0.1) is 21.3 Å². The lowest BCUT2D eigenvalue weighted by atomic mass is 9.75. The van der Waals surface area contributed by atoms with Crippen LogP contribution in [0.4, 0.5) is 0 Å². The summed E-state index contributed by atoms with van der Waals surface area (Å²) in [5, 5.41) is 13.9. The summed E-state index contributed by atoms with van der Waals surface area (Å²) < 4.78 is 16.6. The summed E-state index contributed by atoms with van der Waals surface area (Å²) in [5.74, 6) is 3.43. The number of benzene rings is 2. The number of hydrogen-bond acceptors (Lipinski definition) is 6. The molecule has 1 saturated heterocycles. The lowest BCUT2D eigenvalue weighted by molar-refractivity contribution is 0.0693. The Morgan fingerprint density at radius 1 is 1.00 bits per heavy atom. The standard InChI is InChI=1S/C28H36N2O4/c1-5-17-16-30-9-7-19-13-27(33-3)28(34-4)15-22(19)24(30)11-20(17)10-23-21-14-26(32-2)25(31)12-18(21)6-8-29-23/h10,12-15,17,20,24,29,31H,5-9,11,16H2,1-4H3/b23-10-/t17-,20-,24-/m0/s1. The minimum atomic E-state index is 0.213. The fraction of sp³-hybridized carbons (Fsp3) is 0.500. The van der Waals surface area contributed by atoms with E-state index in [1.807, 2.05) is 12.1 Å². The number of fused-ring (bicyclic) bond motifs is 4. The number of piperidine rings is 1. The third-order valence-electron chi connectivity index (χ3n) is 7.99. The molecule has 0 aromatic heterocycles. The highest BCUT2D eigenvalue weighted by Gasteiger charge is 2.38. The number of methoxy groups -OCH3 is 3. The number of rotatable bonds is 5. The lowest BCUT2D eigenvalue weighted by Gasteiger charge is -2.47. The summed E-state index contributed by atoms with van der Waals surface area (Å²) in [6, 6.07) is 8.59. The normalized spacial score (nSPS) is 25.1. The Balaban J connectivity index is 1.50. The molecule has 182 valence electrons. The number of nitrogens with one attached hydrogen (secondary N) is 1. The smallest absolute Gasteiger partial charge is 0.161 e. The first-order valence-corrected chi connectivity index (χ1v) is 12.4. The third-order valence-corrected chi connectivity index (χ3v) is 7.99. The van der Waals surface area contributed by atoms with E-state index < -0.39 is 0 Å². The number of aromatic hydroxyl groups is 1. The SMILES string of the molecule is CC[C@H]1CN2CCc3cc(OC)c(OC)cc3[C@@H]2C[C@@H]1/C=C1\NCCc2cc(O)c(OC)cc21. The Bertz CT molecular complexity index is 1100. The van der Waals surface area contributed by atoms with Crippen molar-refractivity contribution < 1.29 is 19.3 Å². The van der Waals surface area contributed by atoms with Crippen LogP contribution in [0.5, 0.6) is 23.0 Å². The van der Waals surface area contributed by atoms with Gasteiger partial charge in [-0.05, 0) is 72.1 Å². The van der Waals surface area contributed by atoms with Crippen molar-refractivity contribution >= 4 is 5.70 Å². The van der Waals surface area contributed by atoms with Gasteiger partial charge in [0.25, 0.3) is 0 Å². The summed E-state index contributed by atoms with van der Waals surface area (Å²) in [4.78, 5) is 2.67. The van der Waals surface area contributed by atoms with Crippen molar-refractivity contribution in [1.29, 1.82) is 0 Å². The number of hydrogen-bond donors (Lipinski definition) is 2. The van der Waals surface area contributed by atoms with Crippen LogP contribution in [0.15, 0.2) is 30.3 Å². The fourth-order valence-corrected chi connectivity index (χ4v) is 6.12. The van der Waals surface area contributed by atoms with Gasteiger partial charge >= 0.3 is 0 Å². The molecule has 0 unspecified atom stereocenters. The molecular formula is C28H36N2O4. The third kappa shape index (κ3) is 3.98. The molecule has 2 aromatic carbocycles. The molecule has 3 aliphatic rings. The van der Waals surface area contributed by atoms with Gasteiger partial charge in [0.2, 0.25) is 0 Å². The quantitative estimate of drug-likeness (QED) is 0.677. The van der Waals surface area contributed by atoms with E-state index in [1.54, 1.807) is 21.3 Å². The maximum Gasteiger partial charge on any atom is 0.161 e. The van der Waals surface area contributed by atoms with Crippen molar-refractivity contribution in [2.45, 2.75) is 38.6 Å². The van der Waals surface area contributed by atoms with Gasteiger partial charge in [-0.15, -0.1) is 0 Å². The molecule has 6 nitrogen and oxygen atoms in total. The predicted molar refractivity (Wildman–Crippen MR) is 134 cm³/mol. The first-order valence-electron chi connectivity index (χ1n) is 12.4. The van der Waals surface area contributed by atoms with E-state index >= 15 is 0 Å². The number of allylic oxidation sites excluding steroid dienone is 1. The van der Waals surface area contributed by atoms with Crippen molar-refractivity contribution in [2.24, 2.45) is 11.8 Å². The molecule has 2 N–H and O–H groups in total. The zero-order chi connectivity index (χ0) is 23.8. The molecule has 3 atom stereocenters. The van der Waals surface area contributed by atoms with E-state index in [-0.39, 0.29) is 5.75 Å². The fourth-order valence-electron chi connectivity index (χ4n) is 6.12. The molecule has 0 saturated carbocycles. The van der Waals surface area contributed by atoms with Crippen molar-refractivity contribution in [2.75, 3.05) is 41.0 Å². The van der Waals surface area contributed by atoms with Gasteiger partial charge in [0, 0.05) is 36.9 Å². The Labute approximate surface area is 202 Å². The van der Waals surface area contributed by atoms with Crippen LogP contribution < -0.4 is 19.5 Å². The molecule has 6 heteroatoms. The van der Waals surface area contributed by atoms with Crippen LogP contribution >= 0.6 is 0 Å². The maximum atomic E-state index is 10.3. The van der Waals surface area contributed by atoms with E-state index in [4.69, 9.17) is 14.2 Å². The second-order valence-electron chi connectivity index (χ2n) is 9.67. The van der Waals surface area contributed by atoms with Gasteiger partial charge in [0.15, 0.2) is 23.0 Å². The van der Waals surface area contributed by atoms with Crippen LogP contribution in [0.1, 0.15) is 48.1 Å². The summed E-state index contributed by atoms with van der Waals surface area (Å²) in [5.41, 5.74) is 6.24. The number of nitrogens with zero attached hydrogens (tertiary/aromatic N) is 1. The first-order chi connectivity index (χ1) is 16.6. The van der Waals surface area contributed by atoms with Crippen LogP contribution in [0.3, 0.4) is 0 Å². The Morgan fingerprint density at radius 2 is 1.76 bits per heavy atom. The van der Waals surface area contributed by atoms with E-state index in [1.165, 1.54) is 22.4 Å². The topological polar surface area (TPSA) is 63.2 Å². The van der Waals surface area contributed by atoms with Crippen molar-refractivity contribution in [3.05, 3.63) is 52.6 Å². The van der Waals surface area contributed by atoms with Crippen LogP contribution in [0.25, 0.3) is 5.70 Å². The van der Waals surface area contributed by atoms with Crippen LogP contribution in [0, 0.1) is 11.8 Å². The minimum Gasteiger partial charge on any atom is -0.504 e. The molecule has 0 aliphatic carbocycles. The Hall–Kier alpha value is -2.86. The first kappa shape index (κ1) is 22.9. The summed E-state index contributed by atoms with van der Waals surface area (Å²) >= 11 is 0. The van der Waals surface area contributed by atoms with E-state index in [2.05, 4.69) is 35.3 Å². The minimum absolute atomic E-state index is 0.213. The number of ether oxygens (including phenoxy) is 3. The monoisotopic (exact) mass is 464 g/mol. The largest absolute Gasteiger partial charge is 0.504 e. The van der Waals surface area contributed by atoms with Gasteiger partial charge in [-0.1, -0.05) is 19.4 Å². The van der Waals surface area contributed by atoms with Gasteiger partial charge in [-0.2, -0.15) is 0 Å². The van der Waals surface area contributed by atoms with Crippen LogP contribution in [0.2, 0.25) is 0 Å². The van der Waals surface area contributed by atoms with E-state index in [0.717, 1.165) is 62.4 Å². The lowest BCUT2D eigenvalue weighted by Crippen LogP contribution is -2.45. The van der Waals surface area contributed by atoms with Crippen LogP contribution in [-0.4, -0.2) is 51.0 Å². The maximum absolute atomic E-state index is 10.3.